The summed E-state index contributed by atoms with van der Waals surface area (Å²) in [4.78, 5) is 1.69. The average molecular weight is 204 g/mol. The predicted octanol–water partition coefficient (Wildman–Crippen LogP) is 3.92. The summed E-state index contributed by atoms with van der Waals surface area (Å²) in [6, 6.07) is 0. The lowest BCUT2D eigenvalue weighted by molar-refractivity contribution is 0.573. The molecular formula is C13H16S. The molecule has 0 radical (unpaired) electrons. The van der Waals surface area contributed by atoms with Gasteiger partial charge in [-0.2, -0.15) is 0 Å². The van der Waals surface area contributed by atoms with E-state index >= 15 is 0 Å². The summed E-state index contributed by atoms with van der Waals surface area (Å²) in [6.07, 6.45) is 13.4. The van der Waals surface area contributed by atoms with Gasteiger partial charge in [0.25, 0.3) is 0 Å². The van der Waals surface area contributed by atoms with E-state index in [9.17, 15) is 0 Å². The van der Waals surface area contributed by atoms with Gasteiger partial charge in [0.2, 0.25) is 0 Å². The molecule has 0 amide bonds. The van der Waals surface area contributed by atoms with Crippen LogP contribution in [0, 0.1) is 11.8 Å². The summed E-state index contributed by atoms with van der Waals surface area (Å²) in [5, 5.41) is 0.763. The first kappa shape index (κ1) is 8.84. The van der Waals surface area contributed by atoms with Crippen LogP contribution in [0.1, 0.15) is 26.2 Å². The van der Waals surface area contributed by atoms with Crippen LogP contribution in [-0.4, -0.2) is 5.25 Å². The van der Waals surface area contributed by atoms with Crippen LogP contribution in [0.25, 0.3) is 0 Å². The Balaban J connectivity index is 1.97. The lowest BCUT2D eigenvalue weighted by atomic mass is 9.83. The molecule has 1 heteroatoms. The van der Waals surface area contributed by atoms with Gasteiger partial charge >= 0.3 is 0 Å². The molecule has 0 fully saturated rings. The highest BCUT2D eigenvalue weighted by Gasteiger charge is 2.36. The zero-order valence-corrected chi connectivity index (χ0v) is 9.39. The van der Waals surface area contributed by atoms with E-state index in [2.05, 4.69) is 43.0 Å². The lowest BCUT2D eigenvalue weighted by Gasteiger charge is -2.21. The maximum absolute atomic E-state index is 2.43. The van der Waals surface area contributed by atoms with Crippen molar-refractivity contribution in [2.75, 3.05) is 0 Å². The van der Waals surface area contributed by atoms with Crippen molar-refractivity contribution in [1.29, 1.82) is 0 Å². The van der Waals surface area contributed by atoms with Crippen molar-refractivity contribution in [3.05, 3.63) is 34.8 Å². The fourth-order valence-electron chi connectivity index (χ4n) is 2.77. The van der Waals surface area contributed by atoms with Crippen molar-refractivity contribution in [3.8, 4) is 0 Å². The Morgan fingerprint density at radius 3 is 3.21 bits per heavy atom. The minimum absolute atomic E-state index is 0.763. The topological polar surface area (TPSA) is 0 Å². The van der Waals surface area contributed by atoms with Gasteiger partial charge in [-0.3, -0.25) is 0 Å². The minimum Gasteiger partial charge on any atom is -0.122 e. The molecule has 2 aliphatic carbocycles. The van der Waals surface area contributed by atoms with Gasteiger partial charge in [0.05, 0.1) is 0 Å². The standard InChI is InChI=1S/C13H16S/c1-9-5-4-7-11-10-6-2-3-8-12(10)14-13(9)11/h3-4,7-10,12H,2,5-6H2,1H3. The summed E-state index contributed by atoms with van der Waals surface area (Å²) in [7, 11) is 0. The van der Waals surface area contributed by atoms with Gasteiger partial charge < -0.3 is 0 Å². The maximum Gasteiger partial charge on any atom is 0.0340 e. The Labute approximate surface area is 90.2 Å². The summed E-state index contributed by atoms with van der Waals surface area (Å²) >= 11 is 2.13. The molecule has 0 aromatic carbocycles. The molecule has 3 aliphatic rings. The second-order valence-electron chi connectivity index (χ2n) is 4.55. The number of thioether (sulfide) groups is 1. The van der Waals surface area contributed by atoms with Crippen molar-refractivity contribution < 1.29 is 0 Å². The van der Waals surface area contributed by atoms with E-state index in [0.29, 0.717) is 0 Å². The maximum atomic E-state index is 2.43. The normalized spacial score (nSPS) is 39.9. The van der Waals surface area contributed by atoms with Crippen LogP contribution < -0.4 is 0 Å². The molecule has 14 heavy (non-hydrogen) atoms. The number of hydrogen-bond acceptors (Lipinski definition) is 1. The zero-order valence-electron chi connectivity index (χ0n) is 8.57. The van der Waals surface area contributed by atoms with Crippen LogP contribution in [0.5, 0.6) is 0 Å². The van der Waals surface area contributed by atoms with Crippen molar-refractivity contribution >= 4 is 11.8 Å². The highest BCUT2D eigenvalue weighted by molar-refractivity contribution is 8.04. The van der Waals surface area contributed by atoms with Crippen LogP contribution in [0.4, 0.5) is 0 Å². The molecule has 0 bridgehead atoms. The fraction of sp³-hybridized carbons (Fsp3) is 0.538. The molecule has 1 heterocycles. The van der Waals surface area contributed by atoms with Crippen molar-refractivity contribution in [2.45, 2.75) is 31.4 Å². The molecule has 3 unspecified atom stereocenters. The summed E-state index contributed by atoms with van der Waals surface area (Å²) in [6.45, 7) is 2.37. The molecule has 1 aliphatic heterocycles. The van der Waals surface area contributed by atoms with Crippen LogP contribution >= 0.6 is 11.8 Å². The minimum atomic E-state index is 0.763. The third-order valence-electron chi connectivity index (χ3n) is 3.55. The Bertz CT molecular complexity index is 335. The molecule has 3 rings (SSSR count). The SMILES string of the molecule is CC1CC=CC2=C1SC1C=CCCC21. The van der Waals surface area contributed by atoms with Gasteiger partial charge in [-0.1, -0.05) is 31.2 Å². The van der Waals surface area contributed by atoms with E-state index in [1.807, 2.05) is 0 Å². The van der Waals surface area contributed by atoms with Crippen molar-refractivity contribution in [1.82, 2.24) is 0 Å². The Hall–Kier alpha value is -0.430. The molecular weight excluding hydrogens is 188 g/mol. The van der Waals surface area contributed by atoms with Crippen LogP contribution in [0.2, 0.25) is 0 Å². The third-order valence-corrected chi connectivity index (χ3v) is 5.20. The highest BCUT2D eigenvalue weighted by Crippen LogP contribution is 2.51. The van der Waals surface area contributed by atoms with Gasteiger partial charge in [0, 0.05) is 11.2 Å². The fourth-order valence-corrected chi connectivity index (χ4v) is 4.38. The lowest BCUT2D eigenvalue weighted by Crippen LogP contribution is -2.15. The molecule has 0 aromatic rings. The molecule has 0 aromatic heterocycles. The second-order valence-corrected chi connectivity index (χ2v) is 5.77. The van der Waals surface area contributed by atoms with Gasteiger partial charge in [-0.25, -0.2) is 0 Å². The first-order valence-corrected chi connectivity index (χ1v) is 6.48. The molecule has 74 valence electrons. The number of hydrogen-bond donors (Lipinski definition) is 0. The van der Waals surface area contributed by atoms with E-state index in [1.165, 1.54) is 19.3 Å². The second kappa shape index (κ2) is 3.30. The van der Waals surface area contributed by atoms with Gasteiger partial charge in [-0.15, -0.1) is 11.8 Å². The van der Waals surface area contributed by atoms with Crippen LogP contribution in [0.15, 0.2) is 34.8 Å². The first-order chi connectivity index (χ1) is 6.86. The molecule has 0 N–H and O–H groups in total. The van der Waals surface area contributed by atoms with E-state index in [4.69, 9.17) is 0 Å². The van der Waals surface area contributed by atoms with Gasteiger partial charge in [0.1, 0.15) is 0 Å². The molecule has 0 nitrogen and oxygen atoms in total. The molecule has 0 saturated heterocycles. The Morgan fingerprint density at radius 2 is 2.29 bits per heavy atom. The Kier molecular flexibility index (Phi) is 2.09. The van der Waals surface area contributed by atoms with E-state index in [0.717, 1.165) is 17.1 Å². The third kappa shape index (κ3) is 1.22. The summed E-state index contributed by atoms with van der Waals surface area (Å²) in [5.41, 5.74) is 1.67. The van der Waals surface area contributed by atoms with Crippen molar-refractivity contribution in [3.63, 3.8) is 0 Å². The first-order valence-electron chi connectivity index (χ1n) is 5.60. The predicted molar refractivity (Wildman–Crippen MR) is 63.2 cm³/mol. The quantitative estimate of drug-likeness (QED) is 0.539. The highest BCUT2D eigenvalue weighted by atomic mass is 32.2. The van der Waals surface area contributed by atoms with Gasteiger partial charge in [-0.05, 0) is 35.7 Å². The molecule has 3 atom stereocenters. The monoisotopic (exact) mass is 204 g/mol. The number of fused-ring (bicyclic) bond motifs is 2. The van der Waals surface area contributed by atoms with E-state index < -0.39 is 0 Å². The molecule has 0 saturated carbocycles. The van der Waals surface area contributed by atoms with Crippen molar-refractivity contribution in [2.24, 2.45) is 11.8 Å². The molecule has 0 spiro atoms. The van der Waals surface area contributed by atoms with E-state index in [-0.39, 0.29) is 0 Å². The average Bonchev–Trinajstić information content (AvgIpc) is 2.59. The summed E-state index contributed by atoms with van der Waals surface area (Å²) in [5.74, 6) is 1.61. The number of rotatable bonds is 0. The largest absolute Gasteiger partial charge is 0.122 e. The summed E-state index contributed by atoms with van der Waals surface area (Å²) < 4.78 is 0. The van der Waals surface area contributed by atoms with E-state index in [1.54, 1.807) is 10.5 Å². The van der Waals surface area contributed by atoms with Crippen LogP contribution in [-0.2, 0) is 0 Å². The van der Waals surface area contributed by atoms with Gasteiger partial charge in [0.15, 0.2) is 0 Å². The zero-order chi connectivity index (χ0) is 9.54. The van der Waals surface area contributed by atoms with Crippen LogP contribution in [0.3, 0.4) is 0 Å². The number of allylic oxidation sites excluding steroid dienone is 5. The smallest absolute Gasteiger partial charge is 0.0340 e. The Morgan fingerprint density at radius 1 is 1.36 bits per heavy atom.